The van der Waals surface area contributed by atoms with Gasteiger partial charge in [0.25, 0.3) is 0 Å². The van der Waals surface area contributed by atoms with Crippen LogP contribution in [-0.2, 0) is 0 Å². The number of thiazole rings is 1. The Labute approximate surface area is 135 Å². The molecular weight excluding hydrogens is 323 g/mol. The van der Waals surface area contributed by atoms with Crippen molar-refractivity contribution >= 4 is 38.8 Å². The zero-order chi connectivity index (χ0) is 15.5. The molecule has 0 spiro atoms. The van der Waals surface area contributed by atoms with Gasteiger partial charge in [0.2, 0.25) is 0 Å². The van der Waals surface area contributed by atoms with Crippen LogP contribution in [0, 0.1) is 5.82 Å². The molecule has 110 valence electrons. The SMILES string of the molecule is Nc1nc(-c2ccc(F)cc2Cl)c(N=Nc2ccccc2)s1. The molecule has 0 saturated carbocycles. The molecule has 0 fully saturated rings. The summed E-state index contributed by atoms with van der Waals surface area (Å²) in [5.74, 6) is -0.413. The standard InChI is InChI=1S/C15H10ClFN4S/c16-12-8-9(17)6-7-11(12)13-14(22-15(18)19-13)21-20-10-4-2-1-3-5-10/h1-8H,(H2,18,19). The van der Waals surface area contributed by atoms with Crippen LogP contribution in [0.2, 0.25) is 5.02 Å². The number of nitrogens with zero attached hydrogens (tertiary/aromatic N) is 3. The van der Waals surface area contributed by atoms with E-state index in [2.05, 4.69) is 15.2 Å². The first-order valence-corrected chi connectivity index (χ1v) is 7.51. The van der Waals surface area contributed by atoms with E-state index in [0.29, 0.717) is 27.1 Å². The van der Waals surface area contributed by atoms with Crippen LogP contribution in [0.3, 0.4) is 0 Å². The fourth-order valence-electron chi connectivity index (χ4n) is 1.85. The average Bonchev–Trinajstić information content (AvgIpc) is 2.87. The predicted octanol–water partition coefficient (Wildman–Crippen LogP) is 5.60. The van der Waals surface area contributed by atoms with E-state index >= 15 is 0 Å². The lowest BCUT2D eigenvalue weighted by molar-refractivity contribution is 0.628. The molecule has 2 aromatic carbocycles. The van der Waals surface area contributed by atoms with Gasteiger partial charge in [-0.15, -0.1) is 10.2 Å². The van der Waals surface area contributed by atoms with Gasteiger partial charge in [0.05, 0.1) is 10.7 Å². The summed E-state index contributed by atoms with van der Waals surface area (Å²) in [6, 6.07) is 13.4. The summed E-state index contributed by atoms with van der Waals surface area (Å²) in [5.41, 5.74) is 7.53. The number of nitrogens with two attached hydrogens (primary N) is 1. The van der Waals surface area contributed by atoms with Gasteiger partial charge in [-0.1, -0.05) is 41.1 Å². The van der Waals surface area contributed by atoms with Crippen LogP contribution in [0.5, 0.6) is 0 Å². The highest BCUT2D eigenvalue weighted by atomic mass is 35.5. The molecule has 3 rings (SSSR count). The first-order valence-electron chi connectivity index (χ1n) is 6.32. The quantitative estimate of drug-likeness (QED) is 0.634. The number of aromatic nitrogens is 1. The molecule has 7 heteroatoms. The Morgan fingerprint density at radius 3 is 2.59 bits per heavy atom. The molecule has 0 bridgehead atoms. The molecule has 0 amide bonds. The summed E-state index contributed by atoms with van der Waals surface area (Å²) in [5, 5.41) is 9.45. The molecule has 22 heavy (non-hydrogen) atoms. The molecule has 1 heterocycles. The van der Waals surface area contributed by atoms with Crippen molar-refractivity contribution in [2.75, 3.05) is 5.73 Å². The van der Waals surface area contributed by atoms with Crippen LogP contribution in [0.15, 0.2) is 58.8 Å². The third-order valence-electron chi connectivity index (χ3n) is 2.82. The molecule has 2 N–H and O–H groups in total. The van der Waals surface area contributed by atoms with Gasteiger partial charge >= 0.3 is 0 Å². The maximum atomic E-state index is 13.2. The zero-order valence-electron chi connectivity index (χ0n) is 11.2. The monoisotopic (exact) mass is 332 g/mol. The van der Waals surface area contributed by atoms with Crippen molar-refractivity contribution in [3.05, 3.63) is 59.4 Å². The molecule has 0 aliphatic carbocycles. The Bertz CT molecular complexity index is 833. The fraction of sp³-hybridized carbons (Fsp3) is 0. The fourth-order valence-corrected chi connectivity index (χ4v) is 2.78. The summed E-state index contributed by atoms with van der Waals surface area (Å²) in [7, 11) is 0. The number of anilines is 1. The molecular formula is C15H10ClFN4S. The van der Waals surface area contributed by atoms with E-state index in [0.717, 1.165) is 0 Å². The number of hydrogen-bond acceptors (Lipinski definition) is 5. The van der Waals surface area contributed by atoms with Gasteiger partial charge in [-0.25, -0.2) is 9.37 Å². The molecule has 3 aromatic rings. The Hall–Kier alpha value is -2.31. The number of rotatable bonds is 3. The van der Waals surface area contributed by atoms with Crippen molar-refractivity contribution in [2.45, 2.75) is 0 Å². The van der Waals surface area contributed by atoms with Crippen LogP contribution < -0.4 is 5.73 Å². The van der Waals surface area contributed by atoms with E-state index in [-0.39, 0.29) is 5.02 Å². The summed E-state index contributed by atoms with van der Waals surface area (Å²) in [4.78, 5) is 4.22. The van der Waals surface area contributed by atoms with E-state index in [1.54, 1.807) is 6.07 Å². The number of halogens is 2. The molecule has 0 aliphatic rings. The molecule has 0 saturated heterocycles. The maximum Gasteiger partial charge on any atom is 0.182 e. The third kappa shape index (κ3) is 3.13. The average molecular weight is 333 g/mol. The predicted molar refractivity (Wildman–Crippen MR) is 87.5 cm³/mol. The summed E-state index contributed by atoms with van der Waals surface area (Å²) in [6.07, 6.45) is 0. The van der Waals surface area contributed by atoms with Crippen molar-refractivity contribution in [3.8, 4) is 11.3 Å². The molecule has 0 aliphatic heterocycles. The number of nitrogen functional groups attached to an aromatic ring is 1. The molecule has 0 radical (unpaired) electrons. The third-order valence-corrected chi connectivity index (χ3v) is 3.91. The van der Waals surface area contributed by atoms with Crippen LogP contribution in [0.25, 0.3) is 11.3 Å². The van der Waals surface area contributed by atoms with E-state index in [1.165, 1.54) is 23.5 Å². The smallest absolute Gasteiger partial charge is 0.182 e. The second-order valence-electron chi connectivity index (χ2n) is 4.37. The summed E-state index contributed by atoms with van der Waals surface area (Å²) in [6.45, 7) is 0. The van der Waals surface area contributed by atoms with Gasteiger partial charge < -0.3 is 5.73 Å². The van der Waals surface area contributed by atoms with E-state index in [1.807, 2.05) is 30.3 Å². The van der Waals surface area contributed by atoms with Gasteiger partial charge in [0.15, 0.2) is 10.1 Å². The summed E-state index contributed by atoms with van der Waals surface area (Å²) >= 11 is 7.27. The second-order valence-corrected chi connectivity index (χ2v) is 5.78. The Kier molecular flexibility index (Phi) is 4.13. The van der Waals surface area contributed by atoms with Gasteiger partial charge in [0.1, 0.15) is 11.5 Å². The lowest BCUT2D eigenvalue weighted by Crippen LogP contribution is -1.85. The highest BCUT2D eigenvalue weighted by Gasteiger charge is 2.15. The lowest BCUT2D eigenvalue weighted by atomic mass is 10.1. The largest absolute Gasteiger partial charge is 0.375 e. The lowest BCUT2D eigenvalue weighted by Gasteiger charge is -2.01. The highest BCUT2D eigenvalue weighted by molar-refractivity contribution is 7.19. The van der Waals surface area contributed by atoms with E-state index in [9.17, 15) is 4.39 Å². The highest BCUT2D eigenvalue weighted by Crippen LogP contribution is 2.40. The Morgan fingerprint density at radius 1 is 1.09 bits per heavy atom. The van der Waals surface area contributed by atoms with Gasteiger partial charge in [-0.2, -0.15) is 0 Å². The Balaban J connectivity index is 2.01. The number of azo groups is 1. The topological polar surface area (TPSA) is 63.6 Å². The Morgan fingerprint density at radius 2 is 1.86 bits per heavy atom. The van der Waals surface area contributed by atoms with Crippen LogP contribution in [0.1, 0.15) is 0 Å². The summed E-state index contributed by atoms with van der Waals surface area (Å²) < 4.78 is 13.2. The van der Waals surface area contributed by atoms with Crippen molar-refractivity contribution in [1.29, 1.82) is 0 Å². The van der Waals surface area contributed by atoms with Gasteiger partial charge in [-0.05, 0) is 30.3 Å². The van der Waals surface area contributed by atoms with Gasteiger partial charge in [-0.3, -0.25) is 0 Å². The molecule has 1 aromatic heterocycles. The maximum absolute atomic E-state index is 13.2. The minimum Gasteiger partial charge on any atom is -0.375 e. The van der Waals surface area contributed by atoms with E-state index in [4.69, 9.17) is 17.3 Å². The van der Waals surface area contributed by atoms with Crippen molar-refractivity contribution in [3.63, 3.8) is 0 Å². The molecule has 0 atom stereocenters. The molecule has 0 unspecified atom stereocenters. The first kappa shape index (κ1) is 14.6. The van der Waals surface area contributed by atoms with E-state index < -0.39 is 5.82 Å². The number of benzene rings is 2. The first-order chi connectivity index (χ1) is 10.6. The normalized spacial score (nSPS) is 11.2. The minimum atomic E-state index is -0.413. The molecule has 4 nitrogen and oxygen atoms in total. The van der Waals surface area contributed by atoms with Crippen molar-refractivity contribution < 1.29 is 4.39 Å². The zero-order valence-corrected chi connectivity index (χ0v) is 12.8. The van der Waals surface area contributed by atoms with Crippen LogP contribution in [0.4, 0.5) is 20.2 Å². The van der Waals surface area contributed by atoms with Crippen LogP contribution >= 0.6 is 22.9 Å². The van der Waals surface area contributed by atoms with Crippen molar-refractivity contribution in [1.82, 2.24) is 4.98 Å². The van der Waals surface area contributed by atoms with Crippen LogP contribution in [-0.4, -0.2) is 4.98 Å². The second kappa shape index (κ2) is 6.21. The van der Waals surface area contributed by atoms with Gasteiger partial charge in [0, 0.05) is 5.56 Å². The number of hydrogen-bond donors (Lipinski definition) is 1. The van der Waals surface area contributed by atoms with Crippen molar-refractivity contribution in [2.24, 2.45) is 10.2 Å². The minimum absolute atomic E-state index is 0.251.